The number of carboxylic acids is 4. The van der Waals surface area contributed by atoms with Crippen molar-refractivity contribution in [1.82, 2.24) is 40.7 Å². The maximum Gasteiger partial charge on any atom is 0.341 e. The van der Waals surface area contributed by atoms with E-state index in [-0.39, 0.29) is 121 Å². The highest BCUT2D eigenvalue weighted by molar-refractivity contribution is 6.09. The quantitative estimate of drug-likeness (QED) is 0.0130. The van der Waals surface area contributed by atoms with Gasteiger partial charge in [-0.25, -0.2) is 38.4 Å². The molecule has 0 saturated heterocycles. The number of nitrogens with zero attached hydrogens (tertiary/aromatic N) is 7. The van der Waals surface area contributed by atoms with Crippen LogP contribution in [0.25, 0.3) is 33.8 Å². The van der Waals surface area contributed by atoms with E-state index >= 15 is 0 Å². The normalized spacial score (nSPS) is 14.2. The minimum absolute atomic E-state index is 0.0116. The number of hydrogen-bond donors (Lipinski definition) is 8. The van der Waals surface area contributed by atoms with Gasteiger partial charge in [-0.2, -0.15) is 8.78 Å². The van der Waals surface area contributed by atoms with Gasteiger partial charge in [-0.05, 0) is 209 Å². The average molecular weight is 2030 g/mol. The van der Waals surface area contributed by atoms with Crippen molar-refractivity contribution >= 4 is 93.6 Å². The predicted octanol–water partition coefficient (Wildman–Crippen LogP) is 15.4. The number of furan rings is 3. The lowest BCUT2D eigenvalue weighted by Gasteiger charge is -2.23. The Kier molecular flexibility index (Phi) is 36.2. The Morgan fingerprint density at radius 2 is 0.858 bits per heavy atom. The Hall–Kier alpha value is -18.3. The van der Waals surface area contributed by atoms with Gasteiger partial charge in [0.05, 0.1) is 158 Å². The molecule has 148 heavy (non-hydrogen) atoms. The maximum atomic E-state index is 14.2. The van der Waals surface area contributed by atoms with E-state index in [4.69, 9.17) is 102 Å². The van der Waals surface area contributed by atoms with Crippen LogP contribution in [0.15, 0.2) is 212 Å². The molecule has 0 bridgehead atoms. The number of halogens is 3. The Morgan fingerprint density at radius 1 is 0.446 bits per heavy atom. The minimum atomic E-state index is -1.14. The number of benzene rings is 6. The number of amides is 4. The topological polar surface area (TPSA) is 479 Å². The third kappa shape index (κ3) is 27.2. The molecule has 0 fully saturated rings. The molecule has 9 heterocycles. The number of allylic oxidation sites excluding steroid dienone is 2. The number of aliphatic carboxylic acids is 4. The first-order valence-electron chi connectivity index (χ1n) is 45.6. The molecule has 3 unspecified atom stereocenters. The molecule has 12 aromatic rings. The fraction of sp³-hybridized carbons (Fsp3) is 0.262. The van der Waals surface area contributed by atoms with Gasteiger partial charge in [0.2, 0.25) is 58.5 Å². The molecule has 6 aromatic heterocycles. The number of hydrogen-bond acceptors (Lipinski definition) is 28. The highest BCUT2D eigenvalue weighted by Crippen LogP contribution is 2.50. The van der Waals surface area contributed by atoms with Gasteiger partial charge in [0.15, 0.2) is 78.1 Å². The lowest BCUT2D eigenvalue weighted by molar-refractivity contribution is -0.140. The van der Waals surface area contributed by atoms with Crippen LogP contribution >= 0.6 is 0 Å². The molecule has 770 valence electrons. The zero-order valence-corrected chi connectivity index (χ0v) is 82.0. The summed E-state index contributed by atoms with van der Waals surface area (Å²) < 4.78 is 125. The van der Waals surface area contributed by atoms with Crippen LogP contribution in [0.3, 0.4) is 0 Å². The molecule has 6 aromatic carbocycles. The van der Waals surface area contributed by atoms with Crippen LogP contribution in [-0.2, 0) is 84.4 Å². The van der Waals surface area contributed by atoms with E-state index in [9.17, 15) is 51.5 Å². The van der Waals surface area contributed by atoms with E-state index in [2.05, 4.69) is 41.1 Å². The number of carbonyl (C=O) groups excluding carboxylic acids is 4. The first kappa shape index (κ1) is 107. The molecule has 0 radical (unpaired) electrons. The number of fused-ring (bicyclic) bond motifs is 4. The standard InChI is InChI=1S/C28H28FN3O6.C28H27N3O7.C26H25FN2O7.C25H24FN3O7/c1-16-20(10-17-11-22(36-3)28(23(12-17)37-4)38-15-26(34)35)19-7-8-24(29)31-27(19)21(16)13-25(33)30-14-18-6-5-9-32(18)2;1-29-18-7-8-20-21(13-18)23(14-26(32)30-15-19-6-5-9-37-19)31(2)22(20)10-17-11-24(35-3)28(25(12-17)36-4)38-16-27(33)34;1-33-22-9-15(10-23(34-2)26(22)36-14-25(31)32)8-20-18-6-5-16(27)11-19(18)21(29-20)12-24(30)28-13-17-4-3-7-35-17;1-33-19-9-14(10-20(34-2)25(19)36-13-23(31)32)8-17-16-5-6-21(26)29-24(16)18(28-17)11-22(30)27-12-15-4-3-7-35-15/h5-12H,13-15H2,1-4H3,(H,30,33)(H,34,35);5-13,23H,14-16H2,2-4H3,(H,30,32)(H,33,34);3-7,9-11,21H,8,12-14H2,1-2H3,(H,28,30)(H,31,32);3-7,9-10,18H,8,11-13H2,1-2H3,(H,27,30)(H,31,32)/b20-10-;22-10+;;. The third-order valence-electron chi connectivity index (χ3n) is 23.6. The first-order valence-corrected chi connectivity index (χ1v) is 45.6. The number of ether oxygens (including phenoxy) is 12. The van der Waals surface area contributed by atoms with Crippen molar-refractivity contribution in [2.45, 2.75) is 89.8 Å². The number of nitrogens with one attached hydrogen (secondary N) is 4. The molecule has 4 amide bonds. The van der Waals surface area contributed by atoms with Gasteiger partial charge in [0.25, 0.3) is 0 Å². The Balaban J connectivity index is 0.000000165. The van der Waals surface area contributed by atoms with Crippen LogP contribution in [0.1, 0.15) is 141 Å². The van der Waals surface area contributed by atoms with Gasteiger partial charge in [0.1, 0.15) is 29.1 Å². The highest BCUT2D eigenvalue weighted by Gasteiger charge is 2.37. The Labute approximate surface area is 845 Å². The van der Waals surface area contributed by atoms with Crippen molar-refractivity contribution in [2.24, 2.45) is 17.0 Å². The molecule has 38 nitrogen and oxygen atoms in total. The van der Waals surface area contributed by atoms with E-state index in [1.165, 1.54) is 93.7 Å². The number of carboxylic acid groups (broad SMARTS) is 4. The van der Waals surface area contributed by atoms with E-state index in [0.717, 1.165) is 50.4 Å². The maximum absolute atomic E-state index is 14.2. The summed E-state index contributed by atoms with van der Waals surface area (Å²) >= 11 is 0. The number of pyridine rings is 2. The molecule has 16 rings (SSSR count). The molecule has 3 aliphatic heterocycles. The van der Waals surface area contributed by atoms with Crippen LogP contribution in [0.2, 0.25) is 0 Å². The highest BCUT2D eigenvalue weighted by atomic mass is 19.1. The van der Waals surface area contributed by atoms with Crippen LogP contribution in [-0.4, -0.2) is 189 Å². The average Bonchev–Trinajstić information content (AvgIpc) is 1.61. The lowest BCUT2D eigenvalue weighted by atomic mass is 9.96. The van der Waals surface area contributed by atoms with Crippen molar-refractivity contribution in [1.29, 1.82) is 0 Å². The molecule has 4 aliphatic rings. The summed E-state index contributed by atoms with van der Waals surface area (Å²) in [6.45, 7) is 8.22. The third-order valence-corrected chi connectivity index (χ3v) is 23.6. The molecule has 41 heteroatoms. The number of aryl methyl sites for hydroxylation is 1. The first-order chi connectivity index (χ1) is 71.3. The fourth-order valence-corrected chi connectivity index (χ4v) is 16.7. The number of rotatable bonds is 42. The largest absolute Gasteiger partial charge is 0.493 e. The second-order valence-corrected chi connectivity index (χ2v) is 33.2. The van der Waals surface area contributed by atoms with Crippen LogP contribution in [0, 0.1) is 24.3 Å². The summed E-state index contributed by atoms with van der Waals surface area (Å²) in [7, 11) is 15.3. The van der Waals surface area contributed by atoms with Gasteiger partial charge in [-0.1, -0.05) is 18.2 Å². The number of carbonyl (C=O) groups is 8. The second kappa shape index (κ2) is 50.1. The fourth-order valence-electron chi connectivity index (χ4n) is 16.7. The van der Waals surface area contributed by atoms with Crippen molar-refractivity contribution in [3.63, 3.8) is 0 Å². The van der Waals surface area contributed by atoms with Crippen molar-refractivity contribution in [3.05, 3.63) is 307 Å². The van der Waals surface area contributed by atoms with E-state index in [0.29, 0.717) is 122 Å². The summed E-state index contributed by atoms with van der Waals surface area (Å²) in [5.41, 5.74) is 13.9. The van der Waals surface area contributed by atoms with Gasteiger partial charge in [-0.15, -0.1) is 0 Å². The van der Waals surface area contributed by atoms with E-state index in [1.807, 2.05) is 73.1 Å². The SMILES string of the molecule is COc1cc(/C=C2/C(C)=C(CC(=O)NCc3cccn3C)c3nc(F)ccc32)cc(OC)c1OCC(=O)O.COc1cc(CC2=NC(CC(=O)NCc3ccco3)c3cc(F)ccc32)cc(OC)c1OCC(=O)O.COc1cc(CC2=NC(CC(=O)NCc3ccco3)c3nc(F)ccc32)cc(OC)c1OCC(=O)O.[C-]#[N+]c1ccc2c(c1)C(CC(=O)NCc1ccco1)N(C)/C2=C/c1cc(OC)c(OCC(=O)O)c(OC)c1. The zero-order chi connectivity index (χ0) is 106. The lowest BCUT2D eigenvalue weighted by Crippen LogP contribution is -2.27. The molecular formula is C107H104F3N11O27. The minimum Gasteiger partial charge on any atom is -0.493 e. The molecule has 0 spiro atoms. The predicted molar refractivity (Wildman–Crippen MR) is 530 cm³/mol. The summed E-state index contributed by atoms with van der Waals surface area (Å²) in [5, 5.41) is 47.2. The monoisotopic (exact) mass is 2030 g/mol. The van der Waals surface area contributed by atoms with Gasteiger partial charge < -0.3 is 121 Å². The molecule has 8 N–H and O–H groups in total. The summed E-state index contributed by atoms with van der Waals surface area (Å²) in [6, 6.07) is 42.1. The van der Waals surface area contributed by atoms with E-state index in [1.54, 1.807) is 115 Å². The second-order valence-electron chi connectivity index (χ2n) is 33.2. The Bertz CT molecular complexity index is 6810. The van der Waals surface area contributed by atoms with Gasteiger partial charge in [-0.3, -0.25) is 29.2 Å². The number of methoxy groups -OCH3 is 8. The van der Waals surface area contributed by atoms with Gasteiger partial charge in [0, 0.05) is 78.2 Å². The summed E-state index contributed by atoms with van der Waals surface area (Å²) in [5.74, 6) is -2.13. The Morgan fingerprint density at radius 3 is 1.30 bits per heavy atom. The number of aromatic nitrogens is 3. The van der Waals surface area contributed by atoms with Crippen LogP contribution in [0.4, 0.5) is 18.9 Å². The van der Waals surface area contributed by atoms with Gasteiger partial charge >= 0.3 is 23.9 Å². The molecule has 0 saturated carbocycles. The molecule has 1 aliphatic carbocycles. The number of aliphatic imine (C=N–C) groups is 2. The molecule has 3 atom stereocenters. The summed E-state index contributed by atoms with van der Waals surface area (Å²) in [4.78, 5) is 118. The van der Waals surface area contributed by atoms with Crippen LogP contribution in [0.5, 0.6) is 69.0 Å². The smallest absolute Gasteiger partial charge is 0.341 e. The van der Waals surface area contributed by atoms with Crippen molar-refractivity contribution in [3.8, 4) is 69.0 Å². The molecular weight excluding hydrogens is 1930 g/mol. The van der Waals surface area contributed by atoms with Crippen molar-refractivity contribution in [2.75, 3.05) is 90.4 Å². The zero-order valence-electron chi connectivity index (χ0n) is 82.0. The van der Waals surface area contributed by atoms with Crippen molar-refractivity contribution < 1.29 is 142 Å². The van der Waals surface area contributed by atoms with E-state index < -0.39 is 80.1 Å². The van der Waals surface area contributed by atoms with Crippen LogP contribution < -0.4 is 78.1 Å². The summed E-state index contributed by atoms with van der Waals surface area (Å²) in [6.07, 6.45) is 11.2.